The molecule has 0 aliphatic heterocycles. The molecule has 0 saturated heterocycles. The van der Waals surface area contributed by atoms with Crippen LogP contribution in [0.4, 0.5) is 5.69 Å². The van der Waals surface area contributed by atoms with Crippen molar-refractivity contribution in [1.82, 2.24) is 5.32 Å². The van der Waals surface area contributed by atoms with Gasteiger partial charge in [0.15, 0.2) is 0 Å². The number of carbonyl (C=O) groups excluding carboxylic acids is 1. The number of nitrogens with one attached hydrogen (secondary N) is 1. The number of nitrogens with zero attached hydrogens (tertiary/aromatic N) is 1. The van der Waals surface area contributed by atoms with Gasteiger partial charge >= 0.3 is 0 Å². The molecule has 4 rings (SSSR count). The summed E-state index contributed by atoms with van der Waals surface area (Å²) < 4.78 is 28.5. The van der Waals surface area contributed by atoms with E-state index in [1.54, 1.807) is 43.3 Å². The minimum Gasteiger partial charge on any atom is -0.344 e. The molecular weight excluding hydrogens is 492 g/mol. The second-order valence-corrected chi connectivity index (χ2v) is 10.9. The van der Waals surface area contributed by atoms with E-state index in [0.717, 1.165) is 21.0 Å². The predicted octanol–water partition coefficient (Wildman–Crippen LogP) is 6.06. The molecule has 4 aromatic rings. The Morgan fingerprint density at radius 1 is 0.833 bits per heavy atom. The molecule has 0 spiro atoms. The maximum atomic E-state index is 13.7. The molecule has 0 fully saturated rings. The highest BCUT2D eigenvalue weighted by Crippen LogP contribution is 2.29. The summed E-state index contributed by atoms with van der Waals surface area (Å²) in [6.45, 7) is 3.38. The number of amides is 1. The highest BCUT2D eigenvalue weighted by molar-refractivity contribution is 7.92. The van der Waals surface area contributed by atoms with Crippen molar-refractivity contribution in [2.75, 3.05) is 10.8 Å². The van der Waals surface area contributed by atoms with Gasteiger partial charge < -0.3 is 5.32 Å². The second kappa shape index (κ2) is 11.0. The van der Waals surface area contributed by atoms with Gasteiger partial charge in [0, 0.05) is 5.02 Å². The van der Waals surface area contributed by atoms with E-state index < -0.39 is 28.5 Å². The van der Waals surface area contributed by atoms with Gasteiger partial charge in [0.05, 0.1) is 16.6 Å². The molecule has 0 bridgehead atoms. The molecular formula is C29H27ClN2O3S. The van der Waals surface area contributed by atoms with Crippen LogP contribution in [0.5, 0.6) is 0 Å². The van der Waals surface area contributed by atoms with E-state index in [4.69, 9.17) is 11.6 Å². The fourth-order valence-electron chi connectivity index (χ4n) is 4.02. The maximum Gasteiger partial charge on any atom is 0.264 e. The first kappa shape index (κ1) is 25.5. The second-order valence-electron chi connectivity index (χ2n) is 8.58. The van der Waals surface area contributed by atoms with Crippen LogP contribution in [0.25, 0.3) is 0 Å². The highest BCUT2D eigenvalue weighted by atomic mass is 35.5. The quantitative estimate of drug-likeness (QED) is 0.308. The fourth-order valence-corrected chi connectivity index (χ4v) is 5.75. The van der Waals surface area contributed by atoms with Crippen molar-refractivity contribution in [2.24, 2.45) is 0 Å². The Balaban J connectivity index is 1.70. The first-order chi connectivity index (χ1) is 17.3. The Labute approximate surface area is 217 Å². The third-order valence-corrected chi connectivity index (χ3v) is 7.90. The number of benzene rings is 4. The smallest absolute Gasteiger partial charge is 0.264 e. The van der Waals surface area contributed by atoms with E-state index in [1.165, 1.54) is 12.1 Å². The van der Waals surface area contributed by atoms with Crippen molar-refractivity contribution in [1.29, 1.82) is 0 Å². The molecule has 36 heavy (non-hydrogen) atoms. The number of aryl methyl sites for hydroxylation is 2. The van der Waals surface area contributed by atoms with Crippen LogP contribution in [-0.2, 0) is 14.8 Å². The molecule has 4 aromatic carbocycles. The summed E-state index contributed by atoms with van der Waals surface area (Å²) in [5, 5.41) is 3.54. The largest absolute Gasteiger partial charge is 0.344 e. The van der Waals surface area contributed by atoms with Crippen molar-refractivity contribution in [3.05, 3.63) is 130 Å². The molecule has 0 radical (unpaired) electrons. The average molecular weight is 519 g/mol. The summed E-state index contributed by atoms with van der Waals surface area (Å²) in [5.74, 6) is -0.432. The van der Waals surface area contributed by atoms with Gasteiger partial charge in [-0.05, 0) is 60.9 Å². The summed E-state index contributed by atoms with van der Waals surface area (Å²) in [5.41, 5.74) is 3.95. The van der Waals surface area contributed by atoms with Crippen molar-refractivity contribution in [3.8, 4) is 0 Å². The molecule has 7 heteroatoms. The van der Waals surface area contributed by atoms with Crippen LogP contribution in [0, 0.1) is 13.8 Å². The van der Waals surface area contributed by atoms with E-state index >= 15 is 0 Å². The molecule has 0 aliphatic carbocycles. The monoisotopic (exact) mass is 518 g/mol. The SMILES string of the molecule is Cc1ccc([C@H](NC(=O)CN(c2ccc(Cl)cc2C)S(=O)(=O)c2ccccc2)c2ccccc2)cc1. The summed E-state index contributed by atoms with van der Waals surface area (Å²) >= 11 is 6.13. The van der Waals surface area contributed by atoms with Crippen LogP contribution >= 0.6 is 11.6 Å². The van der Waals surface area contributed by atoms with Gasteiger partial charge in [0.2, 0.25) is 5.91 Å². The topological polar surface area (TPSA) is 66.5 Å². The third kappa shape index (κ3) is 5.78. The summed E-state index contributed by atoms with van der Waals surface area (Å²) in [4.78, 5) is 13.6. The number of carbonyl (C=O) groups is 1. The van der Waals surface area contributed by atoms with Crippen LogP contribution in [-0.4, -0.2) is 20.9 Å². The molecule has 5 nitrogen and oxygen atoms in total. The standard InChI is InChI=1S/C29H27ClN2O3S/c1-21-13-15-24(16-14-21)29(23-9-5-3-6-10-23)31-28(33)20-32(27-18-17-25(30)19-22(27)2)36(34,35)26-11-7-4-8-12-26/h3-19,29H,20H2,1-2H3,(H,31,33)/t29-/m1/s1. The lowest BCUT2D eigenvalue weighted by Crippen LogP contribution is -2.42. The van der Waals surface area contributed by atoms with E-state index in [0.29, 0.717) is 16.3 Å². The molecule has 1 N–H and O–H groups in total. The van der Waals surface area contributed by atoms with E-state index in [-0.39, 0.29) is 4.90 Å². The zero-order chi connectivity index (χ0) is 25.7. The first-order valence-corrected chi connectivity index (χ1v) is 13.3. The van der Waals surface area contributed by atoms with Crippen molar-refractivity contribution < 1.29 is 13.2 Å². The Bertz CT molecular complexity index is 1440. The van der Waals surface area contributed by atoms with Gasteiger partial charge in [-0.3, -0.25) is 9.10 Å². The Morgan fingerprint density at radius 3 is 2.03 bits per heavy atom. The summed E-state index contributed by atoms with van der Waals surface area (Å²) in [6.07, 6.45) is 0. The van der Waals surface area contributed by atoms with Crippen LogP contribution in [0.15, 0.2) is 108 Å². The molecule has 0 aromatic heterocycles. The van der Waals surface area contributed by atoms with Crippen molar-refractivity contribution in [2.45, 2.75) is 24.8 Å². The molecule has 184 valence electrons. The molecule has 0 unspecified atom stereocenters. The summed E-state index contributed by atoms with van der Waals surface area (Å²) in [6, 6.07) is 30.1. The first-order valence-electron chi connectivity index (χ1n) is 11.5. The van der Waals surface area contributed by atoms with E-state index in [9.17, 15) is 13.2 Å². The van der Waals surface area contributed by atoms with E-state index in [1.807, 2.05) is 61.5 Å². The number of sulfonamides is 1. The number of halogens is 1. The number of rotatable bonds is 8. The van der Waals surface area contributed by atoms with Gasteiger partial charge in [0.25, 0.3) is 10.0 Å². The molecule has 1 atom stereocenters. The van der Waals surface area contributed by atoms with Crippen LogP contribution in [0.2, 0.25) is 5.02 Å². The minimum absolute atomic E-state index is 0.102. The number of anilines is 1. The third-order valence-electron chi connectivity index (χ3n) is 5.89. The Hall–Kier alpha value is -3.61. The predicted molar refractivity (Wildman–Crippen MR) is 145 cm³/mol. The zero-order valence-corrected chi connectivity index (χ0v) is 21.6. The van der Waals surface area contributed by atoms with Crippen molar-refractivity contribution >= 4 is 33.2 Å². The average Bonchev–Trinajstić information content (AvgIpc) is 2.88. The van der Waals surface area contributed by atoms with Gasteiger partial charge in [0.1, 0.15) is 6.54 Å². The van der Waals surface area contributed by atoms with Crippen LogP contribution in [0.1, 0.15) is 28.3 Å². The van der Waals surface area contributed by atoms with E-state index in [2.05, 4.69) is 5.32 Å². The summed E-state index contributed by atoms with van der Waals surface area (Å²) in [7, 11) is -4.03. The normalized spacial score (nSPS) is 12.1. The zero-order valence-electron chi connectivity index (χ0n) is 20.1. The highest BCUT2D eigenvalue weighted by Gasteiger charge is 2.29. The van der Waals surface area contributed by atoms with Crippen LogP contribution in [0.3, 0.4) is 0 Å². The van der Waals surface area contributed by atoms with Gasteiger partial charge in [-0.15, -0.1) is 0 Å². The van der Waals surface area contributed by atoms with Gasteiger partial charge in [-0.25, -0.2) is 8.42 Å². The molecule has 0 aliphatic rings. The van der Waals surface area contributed by atoms with Crippen molar-refractivity contribution in [3.63, 3.8) is 0 Å². The lowest BCUT2D eigenvalue weighted by Gasteiger charge is -2.27. The van der Waals surface area contributed by atoms with Gasteiger partial charge in [-0.2, -0.15) is 0 Å². The van der Waals surface area contributed by atoms with Gasteiger partial charge in [-0.1, -0.05) is 90.0 Å². The molecule has 0 saturated carbocycles. The maximum absolute atomic E-state index is 13.7. The fraction of sp³-hybridized carbons (Fsp3) is 0.138. The lowest BCUT2D eigenvalue weighted by atomic mass is 9.98. The molecule has 0 heterocycles. The Morgan fingerprint density at radius 2 is 1.42 bits per heavy atom. The minimum atomic E-state index is -4.03. The number of hydrogen-bond donors (Lipinski definition) is 1. The molecule has 1 amide bonds. The Kier molecular flexibility index (Phi) is 7.77. The lowest BCUT2D eigenvalue weighted by molar-refractivity contribution is -0.120. The van der Waals surface area contributed by atoms with Crippen LogP contribution < -0.4 is 9.62 Å². The number of hydrogen-bond acceptors (Lipinski definition) is 3.